The summed E-state index contributed by atoms with van der Waals surface area (Å²) in [5, 5.41) is 0.773. The lowest BCUT2D eigenvalue weighted by Crippen LogP contribution is -2.03. The van der Waals surface area contributed by atoms with Crippen molar-refractivity contribution >= 4 is 34.0 Å². The van der Waals surface area contributed by atoms with Crippen LogP contribution in [0.2, 0.25) is 5.02 Å². The Kier molecular flexibility index (Phi) is 3.77. The summed E-state index contributed by atoms with van der Waals surface area (Å²) in [5.41, 5.74) is 16.7. The van der Waals surface area contributed by atoms with Crippen molar-refractivity contribution in [2.75, 3.05) is 11.5 Å². The van der Waals surface area contributed by atoms with Crippen molar-refractivity contribution in [3.8, 4) is 16.9 Å². The number of nitrogen functional groups attached to an aromatic ring is 2. The van der Waals surface area contributed by atoms with Crippen molar-refractivity contribution in [2.24, 2.45) is 0 Å². The maximum absolute atomic E-state index is 13.6. The van der Waals surface area contributed by atoms with Crippen molar-refractivity contribution in [1.82, 2.24) is 14.5 Å². The smallest absolute Gasteiger partial charge is 0.141 e. The Bertz CT molecular complexity index is 1150. The van der Waals surface area contributed by atoms with Gasteiger partial charge in [0.1, 0.15) is 11.6 Å². The first-order valence-corrected chi connectivity index (χ1v) is 8.28. The Balaban J connectivity index is 2.10. The number of hydrogen-bond donors (Lipinski definition) is 2. The highest BCUT2D eigenvalue weighted by Gasteiger charge is 2.19. The van der Waals surface area contributed by atoms with E-state index < -0.39 is 5.82 Å². The molecule has 3 heterocycles. The molecule has 7 heteroatoms. The van der Waals surface area contributed by atoms with Crippen LogP contribution in [0.3, 0.4) is 0 Å². The third kappa shape index (κ3) is 2.46. The standard InChI is InChI=1S/C19H15ClFN5/c1-10-8-11(4-6-24-10)17-18-13(5-7-25-17)16(22)19(23)26(18)12-2-3-15(21)14(20)9-12/h2-9H,22-23H2,1H3. The molecular weight excluding hydrogens is 353 g/mol. The molecule has 4 rings (SSSR count). The van der Waals surface area contributed by atoms with Crippen LogP contribution >= 0.6 is 11.6 Å². The number of halogens is 2. The number of rotatable bonds is 2. The average Bonchev–Trinajstić information content (AvgIpc) is 2.89. The predicted molar refractivity (Wildman–Crippen MR) is 103 cm³/mol. The van der Waals surface area contributed by atoms with Crippen LogP contribution in [0.15, 0.2) is 48.8 Å². The summed E-state index contributed by atoms with van der Waals surface area (Å²) < 4.78 is 15.4. The zero-order valence-corrected chi connectivity index (χ0v) is 14.6. The molecule has 0 fully saturated rings. The first-order valence-electron chi connectivity index (χ1n) is 7.90. The van der Waals surface area contributed by atoms with Gasteiger partial charge < -0.3 is 11.5 Å². The van der Waals surface area contributed by atoms with E-state index in [-0.39, 0.29) is 5.02 Å². The summed E-state index contributed by atoms with van der Waals surface area (Å²) in [4.78, 5) is 8.76. The summed E-state index contributed by atoms with van der Waals surface area (Å²) in [7, 11) is 0. The van der Waals surface area contributed by atoms with E-state index in [9.17, 15) is 4.39 Å². The SMILES string of the molecule is Cc1cc(-c2nccc3c(N)c(N)n(-c4ccc(F)c(Cl)c4)c23)ccn1. The van der Waals surface area contributed by atoms with Gasteiger partial charge in [-0.2, -0.15) is 0 Å². The van der Waals surface area contributed by atoms with E-state index in [0.717, 1.165) is 22.2 Å². The van der Waals surface area contributed by atoms with Gasteiger partial charge in [0.25, 0.3) is 0 Å². The van der Waals surface area contributed by atoms with Gasteiger partial charge in [-0.25, -0.2) is 4.39 Å². The van der Waals surface area contributed by atoms with Crippen molar-refractivity contribution in [3.05, 3.63) is 65.3 Å². The molecule has 0 aliphatic carbocycles. The highest BCUT2D eigenvalue weighted by Crippen LogP contribution is 2.38. The normalized spacial score (nSPS) is 11.2. The lowest BCUT2D eigenvalue weighted by Gasteiger charge is -2.12. The van der Waals surface area contributed by atoms with Gasteiger partial charge in [0, 0.05) is 34.7 Å². The van der Waals surface area contributed by atoms with Gasteiger partial charge in [0.15, 0.2) is 0 Å². The second-order valence-electron chi connectivity index (χ2n) is 5.97. The van der Waals surface area contributed by atoms with Crippen LogP contribution in [-0.4, -0.2) is 14.5 Å². The lowest BCUT2D eigenvalue weighted by molar-refractivity contribution is 0.628. The highest BCUT2D eigenvalue weighted by atomic mass is 35.5. The molecule has 4 aromatic rings. The van der Waals surface area contributed by atoms with Crippen molar-refractivity contribution in [3.63, 3.8) is 0 Å². The molecule has 5 nitrogen and oxygen atoms in total. The fourth-order valence-corrected chi connectivity index (χ4v) is 3.25. The van der Waals surface area contributed by atoms with Gasteiger partial charge in [-0.1, -0.05) is 11.6 Å². The van der Waals surface area contributed by atoms with E-state index in [1.807, 2.05) is 19.1 Å². The van der Waals surface area contributed by atoms with Crippen molar-refractivity contribution in [1.29, 1.82) is 0 Å². The van der Waals surface area contributed by atoms with E-state index in [1.54, 1.807) is 29.1 Å². The second-order valence-corrected chi connectivity index (χ2v) is 6.38. The van der Waals surface area contributed by atoms with Crippen LogP contribution < -0.4 is 11.5 Å². The quantitative estimate of drug-likeness (QED) is 0.551. The third-order valence-electron chi connectivity index (χ3n) is 4.29. The van der Waals surface area contributed by atoms with Crippen LogP contribution in [-0.2, 0) is 0 Å². The number of benzene rings is 1. The molecule has 0 atom stereocenters. The molecule has 1 aromatic carbocycles. The van der Waals surface area contributed by atoms with Gasteiger partial charge >= 0.3 is 0 Å². The molecule has 0 unspecified atom stereocenters. The summed E-state index contributed by atoms with van der Waals surface area (Å²) >= 11 is 5.97. The Morgan fingerprint density at radius 2 is 1.81 bits per heavy atom. The lowest BCUT2D eigenvalue weighted by atomic mass is 10.1. The van der Waals surface area contributed by atoms with E-state index in [1.165, 1.54) is 12.1 Å². The maximum atomic E-state index is 13.6. The Morgan fingerprint density at radius 1 is 1.04 bits per heavy atom. The molecule has 0 aliphatic heterocycles. The number of nitrogens with zero attached hydrogens (tertiary/aromatic N) is 3. The summed E-state index contributed by atoms with van der Waals surface area (Å²) in [6.07, 6.45) is 3.41. The number of aromatic nitrogens is 3. The minimum atomic E-state index is -0.499. The van der Waals surface area contributed by atoms with Crippen molar-refractivity contribution < 1.29 is 4.39 Å². The topological polar surface area (TPSA) is 82.7 Å². The molecule has 4 N–H and O–H groups in total. The molecule has 26 heavy (non-hydrogen) atoms. The number of nitrogens with two attached hydrogens (primary N) is 2. The molecule has 0 bridgehead atoms. The first kappa shape index (κ1) is 16.4. The van der Waals surface area contributed by atoms with Gasteiger partial charge in [0.05, 0.1) is 21.9 Å². The minimum Gasteiger partial charge on any atom is -0.395 e. The minimum absolute atomic E-state index is 0.00696. The number of hydrogen-bond acceptors (Lipinski definition) is 4. The van der Waals surface area contributed by atoms with E-state index in [2.05, 4.69) is 9.97 Å². The Morgan fingerprint density at radius 3 is 2.54 bits per heavy atom. The van der Waals surface area contributed by atoms with E-state index in [4.69, 9.17) is 23.1 Å². The molecule has 0 saturated heterocycles. The molecule has 0 aliphatic rings. The first-order chi connectivity index (χ1) is 12.5. The third-order valence-corrected chi connectivity index (χ3v) is 4.58. The van der Waals surface area contributed by atoms with Crippen LogP contribution in [0.1, 0.15) is 5.69 Å². The molecule has 3 aromatic heterocycles. The van der Waals surface area contributed by atoms with Gasteiger partial charge in [0.2, 0.25) is 0 Å². The number of fused-ring (bicyclic) bond motifs is 1. The summed E-state index contributed by atoms with van der Waals surface area (Å²) in [6, 6.07) is 10.0. The molecule has 0 radical (unpaired) electrons. The van der Waals surface area contributed by atoms with Crippen LogP contribution in [0.5, 0.6) is 0 Å². The monoisotopic (exact) mass is 367 g/mol. The maximum Gasteiger partial charge on any atom is 0.141 e. The molecule has 0 amide bonds. The number of pyridine rings is 2. The second kappa shape index (κ2) is 6.00. The largest absolute Gasteiger partial charge is 0.395 e. The average molecular weight is 368 g/mol. The van der Waals surface area contributed by atoms with Crippen LogP contribution in [0.25, 0.3) is 27.8 Å². The molecule has 0 spiro atoms. The Hall–Kier alpha value is -3.12. The Labute approximate surface area is 154 Å². The van der Waals surface area contributed by atoms with Gasteiger partial charge in [-0.05, 0) is 43.3 Å². The molecular formula is C19H15ClFN5. The highest BCUT2D eigenvalue weighted by molar-refractivity contribution is 6.31. The fraction of sp³-hybridized carbons (Fsp3) is 0.0526. The van der Waals surface area contributed by atoms with Crippen LogP contribution in [0.4, 0.5) is 15.9 Å². The van der Waals surface area contributed by atoms with Gasteiger partial charge in [-0.15, -0.1) is 0 Å². The van der Waals surface area contributed by atoms with Crippen LogP contribution in [0, 0.1) is 12.7 Å². The molecule has 0 saturated carbocycles. The summed E-state index contributed by atoms with van der Waals surface area (Å²) in [5.74, 6) is -0.149. The van der Waals surface area contributed by atoms with E-state index >= 15 is 0 Å². The molecule has 130 valence electrons. The zero-order chi connectivity index (χ0) is 18.4. The fourth-order valence-electron chi connectivity index (χ4n) is 3.07. The van der Waals surface area contributed by atoms with Crippen molar-refractivity contribution in [2.45, 2.75) is 6.92 Å². The summed E-state index contributed by atoms with van der Waals surface area (Å²) in [6.45, 7) is 1.91. The number of anilines is 2. The predicted octanol–water partition coefficient (Wildman–Crippen LogP) is 4.35. The van der Waals surface area contributed by atoms with Gasteiger partial charge in [-0.3, -0.25) is 14.5 Å². The number of aryl methyl sites for hydroxylation is 1. The van der Waals surface area contributed by atoms with E-state index in [0.29, 0.717) is 22.9 Å². The zero-order valence-electron chi connectivity index (χ0n) is 13.9.